The van der Waals surface area contributed by atoms with Crippen LogP contribution in [0.15, 0.2) is 18.0 Å². The third-order valence-corrected chi connectivity index (χ3v) is 2.85. The van der Waals surface area contributed by atoms with Gasteiger partial charge in [0.1, 0.15) is 10.2 Å². The van der Waals surface area contributed by atoms with Gasteiger partial charge < -0.3 is 11.1 Å². The predicted molar refractivity (Wildman–Crippen MR) is 61.5 cm³/mol. The SMILES string of the molecule is N=C(Cl)/C(=C\Nc1cnc(C(F)(F)F)s1)CN. The van der Waals surface area contributed by atoms with Gasteiger partial charge in [0.05, 0.1) is 6.20 Å². The standard InChI is InChI=1S/C8H8ClF3N4S/c9-6(14)4(1-13)2-15-5-3-16-7(17-5)8(10,11)12/h2-3,14-15H,1,13H2/b4-2-,14-6?. The summed E-state index contributed by atoms with van der Waals surface area (Å²) in [5.41, 5.74) is 5.57. The molecular weight excluding hydrogens is 277 g/mol. The van der Waals surface area contributed by atoms with E-state index in [0.29, 0.717) is 11.3 Å². The minimum atomic E-state index is -4.45. The second-order valence-electron chi connectivity index (χ2n) is 2.86. The number of thiazole rings is 1. The maximum absolute atomic E-state index is 12.2. The number of anilines is 1. The molecule has 94 valence electrons. The van der Waals surface area contributed by atoms with Crippen LogP contribution in [0.25, 0.3) is 0 Å². The van der Waals surface area contributed by atoms with Crippen molar-refractivity contribution in [1.82, 2.24) is 4.98 Å². The van der Waals surface area contributed by atoms with Gasteiger partial charge in [-0.3, -0.25) is 5.41 Å². The number of rotatable bonds is 4. The zero-order valence-corrected chi connectivity index (χ0v) is 9.88. The van der Waals surface area contributed by atoms with Gasteiger partial charge in [0.25, 0.3) is 0 Å². The molecule has 0 aliphatic rings. The highest BCUT2D eigenvalue weighted by atomic mass is 35.5. The molecule has 0 amide bonds. The number of aromatic nitrogens is 1. The van der Waals surface area contributed by atoms with Crippen molar-refractivity contribution in [2.45, 2.75) is 6.18 Å². The molecule has 0 aliphatic heterocycles. The van der Waals surface area contributed by atoms with E-state index in [-0.39, 0.29) is 22.3 Å². The number of nitrogens with two attached hydrogens (primary N) is 1. The van der Waals surface area contributed by atoms with Crippen LogP contribution >= 0.6 is 22.9 Å². The lowest BCUT2D eigenvalue weighted by molar-refractivity contribution is -0.137. The van der Waals surface area contributed by atoms with Crippen LogP contribution in [0.2, 0.25) is 0 Å². The molecular formula is C8H8ClF3N4S. The van der Waals surface area contributed by atoms with Gasteiger partial charge in [-0.15, -0.1) is 0 Å². The Bertz CT molecular complexity index is 440. The summed E-state index contributed by atoms with van der Waals surface area (Å²) >= 11 is 5.85. The van der Waals surface area contributed by atoms with Crippen molar-refractivity contribution in [3.63, 3.8) is 0 Å². The fourth-order valence-corrected chi connectivity index (χ4v) is 1.63. The van der Waals surface area contributed by atoms with E-state index in [1.54, 1.807) is 0 Å². The lowest BCUT2D eigenvalue weighted by Crippen LogP contribution is -2.09. The third-order valence-electron chi connectivity index (χ3n) is 1.64. The molecule has 0 spiro atoms. The number of hydrogen-bond acceptors (Lipinski definition) is 5. The Balaban J connectivity index is 2.77. The second-order valence-corrected chi connectivity index (χ2v) is 4.27. The Labute approximate surface area is 104 Å². The fraction of sp³-hybridized carbons (Fsp3) is 0.250. The minimum Gasteiger partial charge on any atom is -0.352 e. The maximum Gasteiger partial charge on any atom is 0.443 e. The maximum atomic E-state index is 12.2. The third kappa shape index (κ3) is 3.99. The normalized spacial score (nSPS) is 12.6. The van der Waals surface area contributed by atoms with Gasteiger partial charge in [-0.05, 0) is 0 Å². The van der Waals surface area contributed by atoms with Crippen molar-refractivity contribution in [2.75, 3.05) is 11.9 Å². The summed E-state index contributed by atoms with van der Waals surface area (Å²) < 4.78 is 36.7. The van der Waals surface area contributed by atoms with Crippen LogP contribution in [0, 0.1) is 5.41 Å². The molecule has 0 saturated carbocycles. The smallest absolute Gasteiger partial charge is 0.352 e. The van der Waals surface area contributed by atoms with Crippen molar-refractivity contribution in [2.24, 2.45) is 5.73 Å². The average molecular weight is 285 g/mol. The first-order chi connectivity index (χ1) is 7.84. The van der Waals surface area contributed by atoms with Crippen LogP contribution in [0.4, 0.5) is 18.2 Å². The van der Waals surface area contributed by atoms with Crippen LogP contribution in [-0.2, 0) is 6.18 Å². The summed E-state index contributed by atoms with van der Waals surface area (Å²) in [5.74, 6) is 0. The number of nitrogens with one attached hydrogen (secondary N) is 2. The first-order valence-electron chi connectivity index (χ1n) is 4.27. The molecule has 1 heterocycles. The Kier molecular flexibility index (Phi) is 4.49. The van der Waals surface area contributed by atoms with Crippen LogP contribution < -0.4 is 11.1 Å². The molecule has 4 N–H and O–H groups in total. The lowest BCUT2D eigenvalue weighted by Gasteiger charge is -2.01. The molecule has 1 rings (SSSR count). The number of halogens is 4. The summed E-state index contributed by atoms with van der Waals surface area (Å²) in [5, 5.41) is 8.66. The van der Waals surface area contributed by atoms with Crippen molar-refractivity contribution in [3.8, 4) is 0 Å². The van der Waals surface area contributed by atoms with Crippen LogP contribution in [-0.4, -0.2) is 16.7 Å². The van der Waals surface area contributed by atoms with E-state index in [0.717, 1.165) is 6.20 Å². The monoisotopic (exact) mass is 284 g/mol. The zero-order valence-electron chi connectivity index (χ0n) is 8.31. The van der Waals surface area contributed by atoms with E-state index in [4.69, 9.17) is 22.7 Å². The van der Waals surface area contributed by atoms with Crippen molar-refractivity contribution < 1.29 is 13.2 Å². The molecule has 0 unspecified atom stereocenters. The Morgan fingerprint density at radius 3 is 2.71 bits per heavy atom. The highest BCUT2D eigenvalue weighted by molar-refractivity contribution is 7.15. The van der Waals surface area contributed by atoms with Gasteiger partial charge in [0.2, 0.25) is 0 Å². The largest absolute Gasteiger partial charge is 0.443 e. The van der Waals surface area contributed by atoms with Crippen LogP contribution in [0.1, 0.15) is 5.01 Å². The Hall–Kier alpha value is -1.12. The Morgan fingerprint density at radius 1 is 1.65 bits per heavy atom. The van der Waals surface area contributed by atoms with Gasteiger partial charge in [0.15, 0.2) is 5.01 Å². The van der Waals surface area contributed by atoms with Crippen LogP contribution in [0.3, 0.4) is 0 Å². The molecule has 0 aliphatic carbocycles. The first-order valence-corrected chi connectivity index (χ1v) is 5.47. The molecule has 0 aromatic carbocycles. The van der Waals surface area contributed by atoms with Crippen molar-refractivity contribution in [1.29, 1.82) is 5.41 Å². The molecule has 0 radical (unpaired) electrons. The highest BCUT2D eigenvalue weighted by Crippen LogP contribution is 2.34. The summed E-state index contributed by atoms with van der Waals surface area (Å²) in [4.78, 5) is 3.22. The second kappa shape index (κ2) is 5.48. The van der Waals surface area contributed by atoms with Crippen LogP contribution in [0.5, 0.6) is 0 Å². The molecule has 0 saturated heterocycles. The zero-order chi connectivity index (χ0) is 13.1. The molecule has 0 bridgehead atoms. The molecule has 1 aromatic heterocycles. The average Bonchev–Trinajstić information content (AvgIpc) is 2.66. The van der Waals surface area contributed by atoms with E-state index in [9.17, 15) is 13.2 Å². The lowest BCUT2D eigenvalue weighted by atomic mass is 10.3. The number of nitrogens with zero attached hydrogens (tertiary/aromatic N) is 1. The van der Waals surface area contributed by atoms with Gasteiger partial charge in [-0.25, -0.2) is 4.98 Å². The van der Waals surface area contributed by atoms with E-state index in [2.05, 4.69) is 10.3 Å². The predicted octanol–water partition coefficient (Wildman–Crippen LogP) is 2.63. The topological polar surface area (TPSA) is 74.8 Å². The minimum absolute atomic E-state index is 0.0142. The number of alkyl halides is 3. The van der Waals surface area contributed by atoms with E-state index >= 15 is 0 Å². The first kappa shape index (κ1) is 13.9. The van der Waals surface area contributed by atoms with Crippen molar-refractivity contribution in [3.05, 3.63) is 23.0 Å². The molecule has 9 heteroatoms. The summed E-state index contributed by atoms with van der Waals surface area (Å²) in [7, 11) is 0. The molecule has 0 atom stereocenters. The van der Waals surface area contributed by atoms with E-state index < -0.39 is 11.2 Å². The molecule has 0 fully saturated rings. The highest BCUT2D eigenvalue weighted by Gasteiger charge is 2.34. The fourth-order valence-electron chi connectivity index (χ4n) is 0.842. The molecule has 4 nitrogen and oxygen atoms in total. The van der Waals surface area contributed by atoms with Gasteiger partial charge in [-0.2, -0.15) is 13.2 Å². The molecule has 1 aromatic rings. The molecule has 17 heavy (non-hydrogen) atoms. The summed E-state index contributed by atoms with van der Waals surface area (Å²) in [6.45, 7) is 0.0142. The number of hydrogen-bond donors (Lipinski definition) is 3. The summed E-state index contributed by atoms with van der Waals surface area (Å²) in [6, 6.07) is 0. The van der Waals surface area contributed by atoms with Gasteiger partial charge in [-0.1, -0.05) is 22.9 Å². The van der Waals surface area contributed by atoms with Gasteiger partial charge in [0, 0.05) is 18.3 Å². The Morgan fingerprint density at radius 2 is 2.29 bits per heavy atom. The van der Waals surface area contributed by atoms with Crippen molar-refractivity contribution >= 4 is 33.1 Å². The van der Waals surface area contributed by atoms with E-state index in [1.807, 2.05) is 0 Å². The summed E-state index contributed by atoms with van der Waals surface area (Å²) in [6.07, 6.45) is -2.12. The van der Waals surface area contributed by atoms with E-state index in [1.165, 1.54) is 6.20 Å². The quantitative estimate of drug-likeness (QED) is 0.744. The van der Waals surface area contributed by atoms with Gasteiger partial charge >= 0.3 is 6.18 Å².